The molecule has 2 amide bonds. The van der Waals surface area contributed by atoms with E-state index in [0.717, 1.165) is 6.07 Å². The number of hydrogen-bond donors (Lipinski definition) is 4. The molecule has 0 bridgehead atoms. The maximum Gasteiger partial charge on any atom is 0.416 e. The molecule has 10 nitrogen and oxygen atoms in total. The molecule has 1 atom stereocenters. The van der Waals surface area contributed by atoms with Gasteiger partial charge >= 0.3 is 12.2 Å². The molecule has 2 aromatic carbocycles. The maximum atomic E-state index is 13.1. The zero-order valence-corrected chi connectivity index (χ0v) is 22.4. The highest BCUT2D eigenvalue weighted by Gasteiger charge is 2.32. The molecular weight excluding hydrogens is 529 g/mol. The topological polar surface area (TPSA) is 126 Å². The van der Waals surface area contributed by atoms with Crippen LogP contribution in [-0.2, 0) is 15.7 Å². The molecule has 0 aliphatic rings. The minimum Gasteiger partial charge on any atom is -0.461 e. The van der Waals surface area contributed by atoms with E-state index >= 15 is 0 Å². The van der Waals surface area contributed by atoms with Crippen molar-refractivity contribution < 1.29 is 32.2 Å². The number of benzene rings is 2. The first kappa shape index (κ1) is 30.2. The monoisotopic (exact) mass is 560 g/mol. The quantitative estimate of drug-likeness (QED) is 0.212. The van der Waals surface area contributed by atoms with Gasteiger partial charge in [0.15, 0.2) is 0 Å². The number of urea groups is 1. The van der Waals surface area contributed by atoms with E-state index in [1.165, 1.54) is 25.4 Å². The second kappa shape index (κ2) is 13.1. The van der Waals surface area contributed by atoms with Crippen molar-refractivity contribution in [2.24, 2.45) is 0 Å². The van der Waals surface area contributed by atoms with Crippen LogP contribution < -0.4 is 26.0 Å². The van der Waals surface area contributed by atoms with Crippen LogP contribution in [0.15, 0.2) is 54.9 Å². The van der Waals surface area contributed by atoms with Gasteiger partial charge in [0.25, 0.3) is 6.47 Å². The smallest absolute Gasteiger partial charge is 0.416 e. The van der Waals surface area contributed by atoms with Crippen molar-refractivity contribution in [1.29, 1.82) is 0 Å². The van der Waals surface area contributed by atoms with Crippen LogP contribution in [0.4, 0.5) is 35.2 Å². The Hall–Kier alpha value is -4.39. The minimum absolute atomic E-state index is 0.00811. The molecule has 0 aliphatic carbocycles. The Morgan fingerprint density at radius 1 is 1.02 bits per heavy atom. The fourth-order valence-corrected chi connectivity index (χ4v) is 3.56. The van der Waals surface area contributed by atoms with Gasteiger partial charge in [-0.05, 0) is 69.7 Å². The summed E-state index contributed by atoms with van der Waals surface area (Å²) in [4.78, 5) is 31.1. The van der Waals surface area contributed by atoms with Crippen LogP contribution in [-0.4, -0.2) is 47.2 Å². The van der Waals surface area contributed by atoms with Gasteiger partial charge in [-0.15, -0.1) is 0 Å². The number of hydrogen-bond acceptors (Lipinski definition) is 8. The van der Waals surface area contributed by atoms with Crippen LogP contribution in [0.3, 0.4) is 0 Å². The number of nitrogens with zero attached hydrogens (tertiary/aromatic N) is 2. The average Bonchev–Trinajstić information content (AvgIpc) is 2.86. The third kappa shape index (κ3) is 9.42. The summed E-state index contributed by atoms with van der Waals surface area (Å²) in [6.07, 6.45) is -3.16. The lowest BCUT2D eigenvalue weighted by molar-refractivity contribution is -0.140. The number of aryl methyl sites for hydroxylation is 1. The Bertz CT molecular complexity index is 1300. The lowest BCUT2D eigenvalue weighted by Crippen LogP contribution is -2.41. The molecule has 0 radical (unpaired) electrons. The normalized spacial score (nSPS) is 12.3. The molecule has 0 fully saturated rings. The van der Waals surface area contributed by atoms with E-state index in [1.54, 1.807) is 44.2 Å². The highest BCUT2D eigenvalue weighted by atomic mass is 19.4. The van der Waals surface area contributed by atoms with Gasteiger partial charge in [0.1, 0.15) is 23.5 Å². The van der Waals surface area contributed by atoms with E-state index in [4.69, 9.17) is 9.47 Å². The SMILES string of the molecule is Cc1ccc(NC(=O)Nc2ccc(Oc3cc(N[C@H](C)CNCC(C)(C)OC=O)ncn3)cc2)cc1C(F)(F)F. The molecule has 0 unspecified atom stereocenters. The van der Waals surface area contributed by atoms with Gasteiger partial charge in [-0.2, -0.15) is 13.2 Å². The number of amides is 2. The lowest BCUT2D eigenvalue weighted by atomic mass is 10.1. The highest BCUT2D eigenvalue weighted by Crippen LogP contribution is 2.33. The van der Waals surface area contributed by atoms with Crippen LogP contribution in [0.25, 0.3) is 0 Å². The van der Waals surface area contributed by atoms with Crippen LogP contribution in [0.5, 0.6) is 11.6 Å². The number of ether oxygens (including phenoxy) is 2. The molecule has 0 aliphatic heterocycles. The van der Waals surface area contributed by atoms with Gasteiger partial charge < -0.3 is 30.7 Å². The maximum absolute atomic E-state index is 13.1. The highest BCUT2D eigenvalue weighted by molar-refractivity contribution is 5.99. The molecule has 0 spiro atoms. The number of carbonyl (C=O) groups is 2. The number of anilines is 3. The van der Waals surface area contributed by atoms with Gasteiger partial charge in [0.05, 0.1) is 5.56 Å². The van der Waals surface area contributed by atoms with Crippen LogP contribution >= 0.6 is 0 Å². The first-order valence-electron chi connectivity index (χ1n) is 12.3. The van der Waals surface area contributed by atoms with Crippen molar-refractivity contribution in [2.45, 2.75) is 45.5 Å². The predicted octanol–water partition coefficient (Wildman–Crippen LogP) is 5.58. The zero-order chi connectivity index (χ0) is 29.3. The van der Waals surface area contributed by atoms with E-state index in [9.17, 15) is 22.8 Å². The standard InChI is InChI=1S/C27H31F3N6O4/c1-17-5-6-20(11-22(17)27(28,29)30)36-25(38)35-19-7-9-21(10-8-19)40-24-12-23(32-15-33-24)34-18(2)13-31-14-26(3,4)39-16-37/h5-12,15-16,18,31H,13-14H2,1-4H3,(H,32,33,34)(H2,35,36,38)/t18-/m1/s1. The molecule has 0 saturated carbocycles. The lowest BCUT2D eigenvalue weighted by Gasteiger charge is -2.24. The first-order chi connectivity index (χ1) is 18.8. The summed E-state index contributed by atoms with van der Waals surface area (Å²) in [5, 5.41) is 11.4. The minimum atomic E-state index is -4.52. The van der Waals surface area contributed by atoms with Gasteiger partial charge in [0.2, 0.25) is 5.88 Å². The Morgan fingerprint density at radius 2 is 1.70 bits per heavy atom. The van der Waals surface area contributed by atoms with Crippen molar-refractivity contribution in [3.8, 4) is 11.6 Å². The van der Waals surface area contributed by atoms with Gasteiger partial charge in [-0.3, -0.25) is 4.79 Å². The Labute approximate surface area is 229 Å². The summed E-state index contributed by atoms with van der Waals surface area (Å²) in [5.41, 5.74) is -0.945. The van der Waals surface area contributed by atoms with Gasteiger partial charge in [-0.1, -0.05) is 6.07 Å². The molecular formula is C27H31F3N6O4. The summed E-state index contributed by atoms with van der Waals surface area (Å²) in [7, 11) is 0. The van der Waals surface area contributed by atoms with E-state index < -0.39 is 23.4 Å². The largest absolute Gasteiger partial charge is 0.461 e. The zero-order valence-electron chi connectivity index (χ0n) is 22.4. The number of halogens is 3. The molecule has 4 N–H and O–H groups in total. The van der Waals surface area contributed by atoms with Crippen molar-refractivity contribution in [1.82, 2.24) is 15.3 Å². The van der Waals surface area contributed by atoms with E-state index in [1.807, 2.05) is 6.92 Å². The fraction of sp³-hybridized carbons (Fsp3) is 0.333. The second-order valence-corrected chi connectivity index (χ2v) is 9.62. The molecule has 0 saturated heterocycles. The Morgan fingerprint density at radius 3 is 2.38 bits per heavy atom. The molecule has 13 heteroatoms. The van der Waals surface area contributed by atoms with Crippen molar-refractivity contribution >= 4 is 29.7 Å². The molecule has 40 heavy (non-hydrogen) atoms. The average molecular weight is 561 g/mol. The van der Waals surface area contributed by atoms with E-state index in [2.05, 4.69) is 31.2 Å². The molecule has 1 aromatic heterocycles. The summed E-state index contributed by atoms with van der Waals surface area (Å²) in [6, 6.07) is 10.9. The summed E-state index contributed by atoms with van der Waals surface area (Å²) in [5.74, 6) is 1.27. The summed E-state index contributed by atoms with van der Waals surface area (Å²) in [6.45, 7) is 8.41. The number of rotatable bonds is 12. The number of alkyl halides is 3. The molecule has 3 aromatic rings. The van der Waals surface area contributed by atoms with Gasteiger partial charge in [0, 0.05) is 36.6 Å². The third-order valence-corrected chi connectivity index (χ3v) is 5.54. The summed E-state index contributed by atoms with van der Waals surface area (Å²) >= 11 is 0. The van der Waals surface area contributed by atoms with Crippen LogP contribution in [0.1, 0.15) is 31.9 Å². The second-order valence-electron chi connectivity index (χ2n) is 9.62. The predicted molar refractivity (Wildman–Crippen MR) is 145 cm³/mol. The van der Waals surface area contributed by atoms with Crippen LogP contribution in [0.2, 0.25) is 0 Å². The fourth-order valence-electron chi connectivity index (χ4n) is 3.56. The van der Waals surface area contributed by atoms with Crippen LogP contribution in [0, 0.1) is 6.92 Å². The molecule has 1 heterocycles. The van der Waals surface area contributed by atoms with E-state index in [-0.39, 0.29) is 23.2 Å². The third-order valence-electron chi connectivity index (χ3n) is 5.54. The number of nitrogens with one attached hydrogen (secondary N) is 4. The van der Waals surface area contributed by atoms with Crippen molar-refractivity contribution in [3.05, 3.63) is 66.0 Å². The first-order valence-corrected chi connectivity index (χ1v) is 12.3. The van der Waals surface area contributed by atoms with Crippen molar-refractivity contribution in [2.75, 3.05) is 29.0 Å². The Balaban J connectivity index is 1.51. The van der Waals surface area contributed by atoms with Crippen molar-refractivity contribution in [3.63, 3.8) is 0 Å². The Kier molecular flexibility index (Phi) is 9.88. The summed E-state index contributed by atoms with van der Waals surface area (Å²) < 4.78 is 50.1. The van der Waals surface area contributed by atoms with Gasteiger partial charge in [-0.25, -0.2) is 14.8 Å². The molecule has 3 rings (SSSR count). The number of carbonyl (C=O) groups excluding carboxylic acids is 2. The number of aromatic nitrogens is 2. The molecule has 214 valence electrons. The van der Waals surface area contributed by atoms with E-state index in [0.29, 0.717) is 36.8 Å².